The fraction of sp³-hybridized carbons (Fsp3) is 0.312. The summed E-state index contributed by atoms with van der Waals surface area (Å²) in [5.41, 5.74) is 1.07. The van der Waals surface area contributed by atoms with Crippen LogP contribution in [0.5, 0.6) is 5.75 Å². The molecule has 2 rings (SSSR count). The van der Waals surface area contributed by atoms with E-state index in [0.29, 0.717) is 5.75 Å². The van der Waals surface area contributed by atoms with E-state index in [2.05, 4.69) is 0 Å². The second-order valence-corrected chi connectivity index (χ2v) is 7.14. The van der Waals surface area contributed by atoms with Crippen LogP contribution in [-0.2, 0) is 23.1 Å². The summed E-state index contributed by atoms with van der Waals surface area (Å²) in [5, 5.41) is 0. The molecule has 8 heteroatoms. The first kappa shape index (κ1) is 18.3. The molecule has 0 saturated heterocycles. The van der Waals surface area contributed by atoms with E-state index >= 15 is 0 Å². The smallest absolute Gasteiger partial charge is 0.378 e. The highest BCUT2D eigenvalue weighted by molar-refractivity contribution is 7.54. The molecule has 0 bridgehead atoms. The van der Waals surface area contributed by atoms with E-state index in [0.717, 1.165) is 5.56 Å². The molecule has 1 aromatic heterocycles. The van der Waals surface area contributed by atoms with Gasteiger partial charge in [-0.05, 0) is 31.2 Å². The molecule has 0 aliphatic rings. The number of esters is 1. The first-order valence-corrected chi connectivity index (χ1v) is 8.73. The van der Waals surface area contributed by atoms with Gasteiger partial charge in [0.2, 0.25) is 0 Å². The normalized spacial score (nSPS) is 12.6. The molecule has 0 aliphatic heterocycles. The predicted molar refractivity (Wildman–Crippen MR) is 85.8 cm³/mol. The lowest BCUT2D eigenvalue weighted by Crippen LogP contribution is -2.19. The molecule has 24 heavy (non-hydrogen) atoms. The number of carbonyl (C=O) groups excluding carboxylic acids is 1. The van der Waals surface area contributed by atoms with Crippen molar-refractivity contribution < 1.29 is 32.3 Å². The van der Waals surface area contributed by atoms with Gasteiger partial charge in [-0.2, -0.15) is 0 Å². The Morgan fingerprint density at radius 3 is 2.38 bits per heavy atom. The summed E-state index contributed by atoms with van der Waals surface area (Å²) < 4.78 is 38.1. The standard InChI is InChI=1S/C16H19O7P/c1-12-6-8-13(9-7-12)22-11-15(17)23-16(14-5-4-10-21-14)24(18,19-2)20-3/h4-10,16H,11H2,1-3H3. The zero-order valence-electron chi connectivity index (χ0n) is 13.6. The molecule has 130 valence electrons. The maximum atomic E-state index is 12.6. The van der Waals surface area contributed by atoms with Gasteiger partial charge in [-0.15, -0.1) is 0 Å². The zero-order chi connectivity index (χ0) is 17.6. The number of aryl methyl sites for hydroxylation is 1. The summed E-state index contributed by atoms with van der Waals surface area (Å²) >= 11 is 0. The van der Waals surface area contributed by atoms with E-state index in [-0.39, 0.29) is 12.4 Å². The lowest BCUT2D eigenvalue weighted by Gasteiger charge is -2.22. The van der Waals surface area contributed by atoms with Gasteiger partial charge < -0.3 is 22.9 Å². The Hall–Kier alpha value is -2.08. The number of carbonyl (C=O) groups is 1. The molecule has 0 N–H and O–H groups in total. The van der Waals surface area contributed by atoms with Gasteiger partial charge in [0.1, 0.15) is 5.75 Å². The second-order valence-electron chi connectivity index (χ2n) is 4.86. The molecular formula is C16H19O7P. The van der Waals surface area contributed by atoms with Gasteiger partial charge in [-0.1, -0.05) is 17.7 Å². The lowest BCUT2D eigenvalue weighted by molar-refractivity contribution is -0.149. The van der Waals surface area contributed by atoms with Crippen LogP contribution in [0, 0.1) is 6.92 Å². The molecule has 1 aromatic carbocycles. The van der Waals surface area contributed by atoms with Gasteiger partial charge >= 0.3 is 13.6 Å². The number of hydrogen-bond donors (Lipinski definition) is 0. The van der Waals surface area contributed by atoms with Crippen molar-refractivity contribution in [3.05, 3.63) is 54.0 Å². The van der Waals surface area contributed by atoms with Crippen LogP contribution < -0.4 is 4.74 Å². The summed E-state index contributed by atoms with van der Waals surface area (Å²) in [7, 11) is -1.32. The van der Waals surface area contributed by atoms with Crippen molar-refractivity contribution in [1.82, 2.24) is 0 Å². The van der Waals surface area contributed by atoms with Crippen molar-refractivity contribution in [3.8, 4) is 5.75 Å². The van der Waals surface area contributed by atoms with Gasteiger partial charge in [0.25, 0.3) is 5.85 Å². The maximum Gasteiger partial charge on any atom is 0.378 e. The van der Waals surface area contributed by atoms with E-state index in [1.54, 1.807) is 18.2 Å². The number of rotatable bonds is 8. The van der Waals surface area contributed by atoms with Gasteiger partial charge in [0.15, 0.2) is 12.4 Å². The largest absolute Gasteiger partial charge is 0.482 e. The minimum absolute atomic E-state index is 0.158. The second kappa shape index (κ2) is 8.15. The molecular weight excluding hydrogens is 335 g/mol. The van der Waals surface area contributed by atoms with Gasteiger partial charge in [-0.25, -0.2) is 4.79 Å². The van der Waals surface area contributed by atoms with Gasteiger partial charge in [0.05, 0.1) is 6.26 Å². The quantitative estimate of drug-likeness (QED) is 0.528. The summed E-state index contributed by atoms with van der Waals surface area (Å²) in [5.74, 6) is -1.36. The molecule has 0 fully saturated rings. The summed E-state index contributed by atoms with van der Waals surface area (Å²) in [6, 6.07) is 10.3. The molecule has 0 radical (unpaired) electrons. The fourth-order valence-electron chi connectivity index (χ4n) is 1.91. The summed E-state index contributed by atoms with van der Waals surface area (Å²) in [6.45, 7) is 1.59. The van der Waals surface area contributed by atoms with E-state index in [1.165, 1.54) is 26.5 Å². The average Bonchev–Trinajstić information content (AvgIpc) is 3.12. The van der Waals surface area contributed by atoms with Crippen molar-refractivity contribution in [2.45, 2.75) is 12.8 Å². The van der Waals surface area contributed by atoms with E-state index in [9.17, 15) is 9.36 Å². The van der Waals surface area contributed by atoms with Crippen LogP contribution in [0.4, 0.5) is 0 Å². The number of hydrogen-bond acceptors (Lipinski definition) is 7. The number of benzene rings is 1. The summed E-state index contributed by atoms with van der Waals surface area (Å²) in [6.07, 6.45) is 1.37. The third kappa shape index (κ3) is 4.47. The highest BCUT2D eigenvalue weighted by atomic mass is 31.2. The van der Waals surface area contributed by atoms with Crippen LogP contribution in [0.25, 0.3) is 0 Å². The van der Waals surface area contributed by atoms with Crippen LogP contribution in [-0.4, -0.2) is 26.8 Å². The minimum Gasteiger partial charge on any atom is -0.482 e. The third-order valence-corrected chi connectivity index (χ3v) is 5.16. The topological polar surface area (TPSA) is 84.2 Å². The van der Waals surface area contributed by atoms with Gasteiger partial charge in [0, 0.05) is 14.2 Å². The molecule has 1 unspecified atom stereocenters. The Balaban J connectivity index is 2.05. The zero-order valence-corrected chi connectivity index (χ0v) is 14.5. The lowest BCUT2D eigenvalue weighted by atomic mass is 10.2. The Kier molecular flexibility index (Phi) is 6.20. The highest BCUT2D eigenvalue weighted by Gasteiger charge is 2.41. The fourth-order valence-corrected chi connectivity index (χ4v) is 3.15. The van der Waals surface area contributed by atoms with E-state index < -0.39 is 19.4 Å². The van der Waals surface area contributed by atoms with Crippen LogP contribution in [0.3, 0.4) is 0 Å². The molecule has 7 nitrogen and oxygen atoms in total. The number of furan rings is 1. The van der Waals surface area contributed by atoms with Crippen molar-refractivity contribution >= 4 is 13.6 Å². The molecule has 1 atom stereocenters. The maximum absolute atomic E-state index is 12.6. The molecule has 0 amide bonds. The first-order valence-electron chi connectivity index (χ1n) is 7.12. The number of ether oxygens (including phenoxy) is 2. The Morgan fingerprint density at radius 2 is 1.83 bits per heavy atom. The van der Waals surface area contributed by atoms with Crippen molar-refractivity contribution in [1.29, 1.82) is 0 Å². The van der Waals surface area contributed by atoms with Crippen LogP contribution in [0.2, 0.25) is 0 Å². The Labute approximate surface area is 140 Å². The van der Waals surface area contributed by atoms with Gasteiger partial charge in [-0.3, -0.25) is 4.57 Å². The Morgan fingerprint density at radius 1 is 1.17 bits per heavy atom. The monoisotopic (exact) mass is 354 g/mol. The van der Waals surface area contributed by atoms with E-state index in [4.69, 9.17) is 22.9 Å². The Bertz CT molecular complexity index is 686. The SMILES string of the molecule is COP(=O)(OC)C(OC(=O)COc1ccc(C)cc1)c1ccco1. The molecule has 1 heterocycles. The first-order chi connectivity index (χ1) is 11.5. The third-order valence-electron chi connectivity index (χ3n) is 3.20. The van der Waals surface area contributed by atoms with E-state index in [1.807, 2.05) is 19.1 Å². The van der Waals surface area contributed by atoms with Crippen molar-refractivity contribution in [2.24, 2.45) is 0 Å². The molecule has 0 aliphatic carbocycles. The van der Waals surface area contributed by atoms with Crippen LogP contribution in [0.15, 0.2) is 47.1 Å². The highest BCUT2D eigenvalue weighted by Crippen LogP contribution is 2.60. The van der Waals surface area contributed by atoms with Crippen molar-refractivity contribution in [3.63, 3.8) is 0 Å². The predicted octanol–water partition coefficient (Wildman–Crippen LogP) is 3.69. The molecule has 2 aromatic rings. The molecule has 0 saturated carbocycles. The summed E-state index contributed by atoms with van der Waals surface area (Å²) in [4.78, 5) is 12.0. The van der Waals surface area contributed by atoms with Crippen LogP contribution >= 0.6 is 7.60 Å². The minimum atomic E-state index is -3.73. The van der Waals surface area contributed by atoms with Crippen molar-refractivity contribution in [2.75, 3.05) is 20.8 Å². The molecule has 0 spiro atoms. The average molecular weight is 354 g/mol. The van der Waals surface area contributed by atoms with Crippen LogP contribution in [0.1, 0.15) is 17.2 Å².